The Bertz CT molecular complexity index is 850. The minimum atomic E-state index is -0.179. The van der Waals surface area contributed by atoms with E-state index in [1.807, 2.05) is 18.2 Å². The van der Waals surface area contributed by atoms with Gasteiger partial charge >= 0.3 is 0 Å². The Kier molecular flexibility index (Phi) is 5.53. The molecule has 3 rings (SSSR count). The second-order valence-electron chi connectivity index (χ2n) is 5.26. The van der Waals surface area contributed by atoms with Gasteiger partial charge in [0.2, 0.25) is 11.9 Å². The van der Waals surface area contributed by atoms with E-state index >= 15 is 0 Å². The van der Waals surface area contributed by atoms with Gasteiger partial charge in [0.1, 0.15) is 5.15 Å². The van der Waals surface area contributed by atoms with E-state index in [9.17, 15) is 4.79 Å². The van der Waals surface area contributed by atoms with Crippen LogP contribution < -0.4 is 10.6 Å². The maximum Gasteiger partial charge on any atom is 0.239 e. The topological polar surface area (TPSA) is 82.7 Å². The Labute approximate surface area is 154 Å². The van der Waals surface area contributed by atoms with Gasteiger partial charge in [-0.3, -0.25) is 4.79 Å². The Morgan fingerprint density at radius 1 is 1.12 bits per heavy atom. The summed E-state index contributed by atoms with van der Waals surface area (Å²) in [5, 5.41) is 6.65. The first-order valence-corrected chi connectivity index (χ1v) is 8.28. The number of H-pyrrole nitrogens is 1. The number of aromatic amines is 1. The molecule has 1 amide bonds. The molecular weight excluding hydrogens is 361 g/mol. The van der Waals surface area contributed by atoms with Crippen molar-refractivity contribution in [2.75, 3.05) is 11.9 Å². The highest BCUT2D eigenvalue weighted by molar-refractivity contribution is 6.30. The second kappa shape index (κ2) is 8.00. The number of hydrogen-bond donors (Lipinski definition) is 3. The van der Waals surface area contributed by atoms with E-state index in [2.05, 4.69) is 25.6 Å². The van der Waals surface area contributed by atoms with Gasteiger partial charge in [0.25, 0.3) is 0 Å². The molecule has 0 spiro atoms. The summed E-state index contributed by atoms with van der Waals surface area (Å²) in [4.78, 5) is 23.4. The van der Waals surface area contributed by atoms with Crippen LogP contribution in [0.5, 0.6) is 0 Å². The molecule has 0 atom stereocenters. The number of benzene rings is 1. The Morgan fingerprint density at radius 2 is 1.92 bits per heavy atom. The summed E-state index contributed by atoms with van der Waals surface area (Å²) in [5.74, 6) is 0.118. The lowest BCUT2D eigenvalue weighted by Crippen LogP contribution is -2.29. The van der Waals surface area contributed by atoms with Crippen molar-refractivity contribution in [1.29, 1.82) is 0 Å². The molecule has 0 aliphatic carbocycles. The number of anilines is 1. The third-order valence-electron chi connectivity index (χ3n) is 3.40. The van der Waals surface area contributed by atoms with Gasteiger partial charge in [0.05, 0.1) is 12.2 Å². The zero-order valence-electron chi connectivity index (χ0n) is 13.1. The zero-order chi connectivity index (χ0) is 17.6. The van der Waals surface area contributed by atoms with Crippen molar-refractivity contribution in [3.05, 3.63) is 64.5 Å². The van der Waals surface area contributed by atoms with Gasteiger partial charge in [-0.25, -0.2) is 9.97 Å². The number of rotatable bonds is 6. The number of carbonyl (C=O) groups excluding carboxylic acids is 1. The van der Waals surface area contributed by atoms with Crippen molar-refractivity contribution < 1.29 is 4.79 Å². The molecule has 1 aromatic carbocycles. The van der Waals surface area contributed by atoms with Crippen LogP contribution in [0, 0.1) is 0 Å². The highest BCUT2D eigenvalue weighted by atomic mass is 35.5. The van der Waals surface area contributed by atoms with E-state index in [1.165, 1.54) is 0 Å². The fourth-order valence-corrected chi connectivity index (χ4v) is 2.46. The van der Waals surface area contributed by atoms with Crippen LogP contribution in [0.3, 0.4) is 0 Å². The Hall–Kier alpha value is -2.57. The predicted molar refractivity (Wildman–Crippen MR) is 98.6 cm³/mol. The quantitative estimate of drug-likeness (QED) is 0.575. The number of aromatic nitrogens is 3. The normalized spacial score (nSPS) is 10.5. The van der Waals surface area contributed by atoms with Gasteiger partial charge in [-0.2, -0.15) is 0 Å². The van der Waals surface area contributed by atoms with Gasteiger partial charge in [0.15, 0.2) is 0 Å². The van der Waals surface area contributed by atoms with Gasteiger partial charge < -0.3 is 15.6 Å². The fraction of sp³-hybridized carbons (Fsp3) is 0.118. The summed E-state index contributed by atoms with van der Waals surface area (Å²) in [6, 6.07) is 10.8. The highest BCUT2D eigenvalue weighted by Gasteiger charge is 2.08. The third kappa shape index (κ3) is 4.95. The number of hydrogen-bond acceptors (Lipinski definition) is 4. The van der Waals surface area contributed by atoms with Crippen molar-refractivity contribution in [3.63, 3.8) is 0 Å². The number of nitrogens with one attached hydrogen (secondary N) is 3. The molecule has 128 valence electrons. The zero-order valence-corrected chi connectivity index (χ0v) is 14.6. The van der Waals surface area contributed by atoms with Crippen molar-refractivity contribution in [2.24, 2.45) is 0 Å². The Morgan fingerprint density at radius 3 is 2.64 bits per heavy atom. The summed E-state index contributed by atoms with van der Waals surface area (Å²) in [5.41, 5.74) is 2.52. The van der Waals surface area contributed by atoms with Crippen LogP contribution in [0.1, 0.15) is 5.56 Å². The molecule has 3 aromatic rings. The maximum atomic E-state index is 12.0. The Balaban J connectivity index is 1.56. The number of nitrogens with zero attached hydrogens (tertiary/aromatic N) is 2. The summed E-state index contributed by atoms with van der Waals surface area (Å²) < 4.78 is 0. The van der Waals surface area contributed by atoms with E-state index in [1.54, 1.807) is 30.6 Å². The minimum Gasteiger partial charge on any atom is -0.367 e. The van der Waals surface area contributed by atoms with Crippen LogP contribution in [0.25, 0.3) is 11.3 Å². The van der Waals surface area contributed by atoms with Gasteiger partial charge in [0, 0.05) is 35.6 Å². The highest BCUT2D eigenvalue weighted by Crippen LogP contribution is 2.20. The van der Waals surface area contributed by atoms with Crippen molar-refractivity contribution in [2.45, 2.75) is 6.54 Å². The molecule has 2 heterocycles. The molecule has 8 heteroatoms. The van der Waals surface area contributed by atoms with Crippen molar-refractivity contribution in [3.8, 4) is 11.3 Å². The maximum absolute atomic E-state index is 12.0. The SMILES string of the molecule is O=C(CNc1nc(Cl)cc(-c2cc[nH]c2)n1)NCc1ccc(Cl)cc1. The molecule has 0 aliphatic rings. The van der Waals surface area contributed by atoms with E-state index < -0.39 is 0 Å². The lowest BCUT2D eigenvalue weighted by atomic mass is 10.2. The first-order chi connectivity index (χ1) is 12.1. The monoisotopic (exact) mass is 375 g/mol. The van der Waals surface area contributed by atoms with Crippen LogP contribution in [-0.4, -0.2) is 27.4 Å². The number of carbonyl (C=O) groups is 1. The molecule has 3 N–H and O–H groups in total. The second-order valence-corrected chi connectivity index (χ2v) is 6.08. The molecule has 0 saturated carbocycles. The molecule has 0 unspecified atom stereocenters. The fourth-order valence-electron chi connectivity index (χ4n) is 2.15. The largest absolute Gasteiger partial charge is 0.367 e. The van der Waals surface area contributed by atoms with Crippen LogP contribution in [0.15, 0.2) is 48.8 Å². The van der Waals surface area contributed by atoms with E-state index in [4.69, 9.17) is 23.2 Å². The summed E-state index contributed by atoms with van der Waals surface area (Å²) >= 11 is 11.9. The van der Waals surface area contributed by atoms with E-state index in [0.29, 0.717) is 28.4 Å². The van der Waals surface area contributed by atoms with Crippen molar-refractivity contribution in [1.82, 2.24) is 20.3 Å². The first-order valence-electron chi connectivity index (χ1n) is 7.53. The first kappa shape index (κ1) is 17.3. The van der Waals surface area contributed by atoms with Crippen LogP contribution in [0.2, 0.25) is 10.2 Å². The summed E-state index contributed by atoms with van der Waals surface area (Å²) in [7, 11) is 0. The van der Waals surface area contributed by atoms with Crippen molar-refractivity contribution >= 4 is 35.1 Å². The lowest BCUT2D eigenvalue weighted by Gasteiger charge is -2.08. The van der Waals surface area contributed by atoms with Crippen LogP contribution in [-0.2, 0) is 11.3 Å². The van der Waals surface area contributed by atoms with Gasteiger partial charge in [-0.05, 0) is 23.8 Å². The van der Waals surface area contributed by atoms with Gasteiger partial charge in [-0.1, -0.05) is 35.3 Å². The average molecular weight is 376 g/mol. The molecule has 0 fully saturated rings. The summed E-state index contributed by atoms with van der Waals surface area (Å²) in [6.07, 6.45) is 3.60. The molecule has 0 aliphatic heterocycles. The lowest BCUT2D eigenvalue weighted by molar-refractivity contribution is -0.119. The van der Waals surface area contributed by atoms with E-state index in [0.717, 1.165) is 11.1 Å². The molecule has 0 saturated heterocycles. The number of amides is 1. The van der Waals surface area contributed by atoms with Gasteiger partial charge in [-0.15, -0.1) is 0 Å². The number of halogens is 2. The third-order valence-corrected chi connectivity index (χ3v) is 3.84. The predicted octanol–water partition coefficient (Wildman–Crippen LogP) is 3.51. The molecule has 0 bridgehead atoms. The summed E-state index contributed by atoms with van der Waals surface area (Å²) in [6.45, 7) is 0.462. The average Bonchev–Trinajstić information content (AvgIpc) is 3.14. The van der Waals surface area contributed by atoms with E-state index in [-0.39, 0.29) is 12.5 Å². The molecular formula is C17H15Cl2N5O. The smallest absolute Gasteiger partial charge is 0.239 e. The minimum absolute atomic E-state index is 0.0422. The molecule has 0 radical (unpaired) electrons. The van der Waals surface area contributed by atoms with Crippen LogP contribution >= 0.6 is 23.2 Å². The van der Waals surface area contributed by atoms with Crippen LogP contribution in [0.4, 0.5) is 5.95 Å². The molecule has 25 heavy (non-hydrogen) atoms. The molecule has 2 aromatic heterocycles. The standard InChI is InChI=1S/C17H15Cl2N5O/c18-13-3-1-11(2-4-13)8-21-16(25)10-22-17-23-14(7-15(19)24-17)12-5-6-20-9-12/h1-7,9,20H,8,10H2,(H,21,25)(H,22,23,24). The molecule has 6 nitrogen and oxygen atoms in total.